The SMILES string of the molecule is Cc1cc(/C=N/NC(=O)COc2ccc(Cl)cc2Cl)c(C)n1-c1ccc(Cl)c(Cl)c1. The van der Waals surface area contributed by atoms with Crippen LogP contribution in [0.3, 0.4) is 0 Å². The molecule has 0 atom stereocenters. The van der Waals surface area contributed by atoms with Crippen LogP contribution in [0, 0.1) is 13.8 Å². The minimum absolute atomic E-state index is 0.235. The standard InChI is InChI=1S/C21H17Cl4N3O2/c1-12-7-14(13(2)28(12)16-4-5-17(23)18(24)9-16)10-26-27-21(29)11-30-20-6-3-15(22)8-19(20)25/h3-10H,11H2,1-2H3,(H,27,29)/b26-10+. The summed E-state index contributed by atoms with van der Waals surface area (Å²) in [6.45, 7) is 3.68. The molecule has 3 rings (SSSR count). The Balaban J connectivity index is 1.65. The number of aryl methyl sites for hydroxylation is 1. The van der Waals surface area contributed by atoms with Crippen LogP contribution < -0.4 is 10.2 Å². The van der Waals surface area contributed by atoms with Crippen molar-refractivity contribution >= 4 is 58.5 Å². The molecule has 3 aromatic rings. The average Bonchev–Trinajstić information content (AvgIpc) is 2.97. The highest BCUT2D eigenvalue weighted by Crippen LogP contribution is 2.28. The van der Waals surface area contributed by atoms with Crippen LogP contribution in [0.5, 0.6) is 5.75 Å². The van der Waals surface area contributed by atoms with Gasteiger partial charge in [0, 0.05) is 27.7 Å². The van der Waals surface area contributed by atoms with Crippen molar-refractivity contribution in [1.82, 2.24) is 9.99 Å². The topological polar surface area (TPSA) is 55.6 Å². The van der Waals surface area contributed by atoms with Crippen molar-refractivity contribution in [3.8, 4) is 11.4 Å². The second-order valence-electron chi connectivity index (χ2n) is 6.42. The van der Waals surface area contributed by atoms with Crippen molar-refractivity contribution in [3.05, 3.63) is 79.5 Å². The first kappa shape index (κ1) is 22.5. The number of halogens is 4. The van der Waals surface area contributed by atoms with E-state index in [1.807, 2.05) is 30.5 Å². The number of nitrogens with one attached hydrogen (secondary N) is 1. The first-order chi connectivity index (χ1) is 14.3. The molecular weight excluding hydrogens is 468 g/mol. The number of aromatic nitrogens is 1. The van der Waals surface area contributed by atoms with Crippen LogP contribution >= 0.6 is 46.4 Å². The van der Waals surface area contributed by atoms with Crippen molar-refractivity contribution in [2.75, 3.05) is 6.61 Å². The zero-order valence-corrected chi connectivity index (χ0v) is 19.1. The monoisotopic (exact) mass is 483 g/mol. The van der Waals surface area contributed by atoms with E-state index in [1.165, 1.54) is 6.07 Å². The summed E-state index contributed by atoms with van der Waals surface area (Å²) in [4.78, 5) is 12.0. The molecule has 0 aliphatic heterocycles. The van der Waals surface area contributed by atoms with Crippen LogP contribution in [0.4, 0.5) is 0 Å². The van der Waals surface area contributed by atoms with Crippen LogP contribution in [0.25, 0.3) is 5.69 Å². The molecular formula is C21H17Cl4N3O2. The maximum Gasteiger partial charge on any atom is 0.277 e. The predicted octanol–water partition coefficient (Wildman–Crippen LogP) is 6.24. The molecule has 0 unspecified atom stereocenters. The molecule has 1 N–H and O–H groups in total. The molecule has 2 aromatic carbocycles. The summed E-state index contributed by atoms with van der Waals surface area (Å²) in [6.07, 6.45) is 1.57. The van der Waals surface area contributed by atoms with E-state index in [1.54, 1.807) is 30.5 Å². The third-order valence-electron chi connectivity index (χ3n) is 4.28. The van der Waals surface area contributed by atoms with Gasteiger partial charge in [-0.2, -0.15) is 5.10 Å². The van der Waals surface area contributed by atoms with Crippen LogP contribution in [0.2, 0.25) is 20.1 Å². The number of carbonyl (C=O) groups excluding carboxylic acids is 1. The molecule has 0 aliphatic rings. The number of rotatable bonds is 6. The van der Waals surface area contributed by atoms with Gasteiger partial charge >= 0.3 is 0 Å². The van der Waals surface area contributed by atoms with Crippen molar-refractivity contribution in [1.29, 1.82) is 0 Å². The Kier molecular flexibility index (Phi) is 7.32. The molecule has 5 nitrogen and oxygen atoms in total. The number of carbonyl (C=O) groups is 1. The van der Waals surface area contributed by atoms with Gasteiger partial charge in [0.2, 0.25) is 0 Å². The zero-order valence-electron chi connectivity index (χ0n) is 16.0. The van der Waals surface area contributed by atoms with Crippen LogP contribution in [-0.4, -0.2) is 23.3 Å². The van der Waals surface area contributed by atoms with E-state index in [0.29, 0.717) is 25.8 Å². The van der Waals surface area contributed by atoms with Gasteiger partial charge in [-0.3, -0.25) is 4.79 Å². The number of hydrogen-bond acceptors (Lipinski definition) is 3. The number of amides is 1. The highest BCUT2D eigenvalue weighted by molar-refractivity contribution is 6.42. The van der Waals surface area contributed by atoms with Gasteiger partial charge in [0.1, 0.15) is 5.75 Å². The van der Waals surface area contributed by atoms with E-state index in [4.69, 9.17) is 51.1 Å². The van der Waals surface area contributed by atoms with Gasteiger partial charge in [0.05, 0.1) is 21.3 Å². The lowest BCUT2D eigenvalue weighted by Crippen LogP contribution is -2.24. The predicted molar refractivity (Wildman–Crippen MR) is 123 cm³/mol. The fraction of sp³-hybridized carbons (Fsp3) is 0.143. The Bertz CT molecular complexity index is 1130. The van der Waals surface area contributed by atoms with Crippen molar-refractivity contribution < 1.29 is 9.53 Å². The molecule has 30 heavy (non-hydrogen) atoms. The molecule has 0 spiro atoms. The van der Waals surface area contributed by atoms with Crippen molar-refractivity contribution in [2.45, 2.75) is 13.8 Å². The number of ether oxygens (including phenoxy) is 1. The molecule has 0 fully saturated rings. The van der Waals surface area contributed by atoms with Crippen LogP contribution in [0.15, 0.2) is 47.6 Å². The molecule has 0 radical (unpaired) electrons. The first-order valence-corrected chi connectivity index (χ1v) is 10.3. The fourth-order valence-corrected chi connectivity index (χ4v) is 3.64. The average molecular weight is 485 g/mol. The van der Waals surface area contributed by atoms with E-state index in [9.17, 15) is 4.79 Å². The summed E-state index contributed by atoms with van der Waals surface area (Å²) in [5, 5.41) is 5.80. The Morgan fingerprint density at radius 2 is 1.80 bits per heavy atom. The zero-order chi connectivity index (χ0) is 21.8. The maximum atomic E-state index is 12.0. The lowest BCUT2D eigenvalue weighted by Gasteiger charge is -2.10. The Morgan fingerprint density at radius 1 is 1.03 bits per heavy atom. The van der Waals surface area contributed by atoms with E-state index >= 15 is 0 Å². The summed E-state index contributed by atoms with van der Waals surface area (Å²) >= 11 is 24.0. The molecule has 1 heterocycles. The van der Waals surface area contributed by atoms with Gasteiger partial charge in [-0.15, -0.1) is 0 Å². The normalized spacial score (nSPS) is 11.1. The number of benzene rings is 2. The van der Waals surface area contributed by atoms with Crippen molar-refractivity contribution in [3.63, 3.8) is 0 Å². The molecule has 0 saturated heterocycles. The largest absolute Gasteiger partial charge is 0.482 e. The summed E-state index contributed by atoms with van der Waals surface area (Å²) in [7, 11) is 0. The van der Waals surface area contributed by atoms with E-state index in [0.717, 1.165) is 22.6 Å². The fourth-order valence-electron chi connectivity index (χ4n) is 2.88. The highest BCUT2D eigenvalue weighted by Gasteiger charge is 2.11. The van der Waals surface area contributed by atoms with E-state index < -0.39 is 5.91 Å². The molecule has 1 amide bonds. The highest BCUT2D eigenvalue weighted by atomic mass is 35.5. The molecule has 0 aliphatic carbocycles. The van der Waals surface area contributed by atoms with Gasteiger partial charge < -0.3 is 9.30 Å². The molecule has 0 saturated carbocycles. The van der Waals surface area contributed by atoms with Gasteiger partial charge in [0.15, 0.2) is 6.61 Å². The Hall–Kier alpha value is -2.18. The Morgan fingerprint density at radius 3 is 2.50 bits per heavy atom. The minimum atomic E-state index is -0.421. The van der Waals surface area contributed by atoms with Gasteiger partial charge in [-0.1, -0.05) is 46.4 Å². The summed E-state index contributed by atoms with van der Waals surface area (Å²) in [5.74, 6) is -0.0547. The molecule has 156 valence electrons. The van der Waals surface area contributed by atoms with Gasteiger partial charge in [-0.05, 0) is 56.3 Å². The second-order valence-corrected chi connectivity index (χ2v) is 8.07. The molecule has 0 bridgehead atoms. The van der Waals surface area contributed by atoms with E-state index in [2.05, 4.69) is 10.5 Å². The second kappa shape index (κ2) is 9.75. The lowest BCUT2D eigenvalue weighted by molar-refractivity contribution is -0.123. The first-order valence-electron chi connectivity index (χ1n) is 8.80. The van der Waals surface area contributed by atoms with Crippen LogP contribution in [0.1, 0.15) is 17.0 Å². The van der Waals surface area contributed by atoms with Gasteiger partial charge in [0.25, 0.3) is 5.91 Å². The van der Waals surface area contributed by atoms with Gasteiger partial charge in [-0.25, -0.2) is 5.43 Å². The number of hydrogen-bond donors (Lipinski definition) is 1. The third-order valence-corrected chi connectivity index (χ3v) is 5.55. The van der Waals surface area contributed by atoms with Crippen molar-refractivity contribution in [2.24, 2.45) is 5.10 Å². The summed E-state index contributed by atoms with van der Waals surface area (Å²) in [5.41, 5.74) is 6.09. The smallest absolute Gasteiger partial charge is 0.277 e. The number of hydrazone groups is 1. The Labute approximate surface area is 194 Å². The lowest BCUT2D eigenvalue weighted by atomic mass is 10.2. The minimum Gasteiger partial charge on any atom is -0.482 e. The number of nitrogens with zero attached hydrogens (tertiary/aromatic N) is 2. The maximum absolute atomic E-state index is 12.0. The third kappa shape index (κ3) is 5.29. The molecule has 9 heteroatoms. The summed E-state index contributed by atoms with van der Waals surface area (Å²) in [6, 6.07) is 12.2. The summed E-state index contributed by atoms with van der Waals surface area (Å²) < 4.78 is 7.40. The molecule has 1 aromatic heterocycles. The van der Waals surface area contributed by atoms with E-state index in [-0.39, 0.29) is 6.61 Å². The van der Waals surface area contributed by atoms with Crippen LogP contribution in [-0.2, 0) is 4.79 Å². The quantitative estimate of drug-likeness (QED) is 0.332.